The number of halogens is 3. The van der Waals surface area contributed by atoms with Gasteiger partial charge in [0, 0.05) is 24.2 Å². The smallest absolute Gasteiger partial charge is 0.378 e. The number of nitrogens with zero attached hydrogens (tertiary/aromatic N) is 1. The van der Waals surface area contributed by atoms with Crippen molar-refractivity contribution in [2.75, 3.05) is 31.6 Å². The van der Waals surface area contributed by atoms with E-state index in [9.17, 15) is 22.8 Å². The molecule has 0 spiro atoms. The monoisotopic (exact) mass is 378 g/mol. The van der Waals surface area contributed by atoms with E-state index in [0.717, 1.165) is 6.07 Å². The molecule has 1 N–H and O–H groups in total. The number of para-hydroxylation sites is 1. The van der Waals surface area contributed by atoms with Crippen molar-refractivity contribution in [2.24, 2.45) is 0 Å². The van der Waals surface area contributed by atoms with Gasteiger partial charge >= 0.3 is 6.18 Å². The second-order valence-electron chi connectivity index (χ2n) is 5.98. The number of alkyl halides is 3. The van der Waals surface area contributed by atoms with E-state index in [1.54, 1.807) is 4.90 Å². The largest absolute Gasteiger partial charge is 0.418 e. The average molecular weight is 378 g/mol. The first kappa shape index (κ1) is 18.9. The Morgan fingerprint density at radius 1 is 0.926 bits per heavy atom. The highest BCUT2D eigenvalue weighted by molar-refractivity contribution is 6.05. The van der Waals surface area contributed by atoms with Crippen LogP contribution in [0.15, 0.2) is 48.5 Å². The van der Waals surface area contributed by atoms with Crippen molar-refractivity contribution in [3.8, 4) is 0 Å². The number of benzene rings is 2. The first-order valence-corrected chi connectivity index (χ1v) is 8.31. The van der Waals surface area contributed by atoms with E-state index in [1.165, 1.54) is 42.5 Å². The van der Waals surface area contributed by atoms with Gasteiger partial charge in [-0.3, -0.25) is 9.59 Å². The summed E-state index contributed by atoms with van der Waals surface area (Å²) in [4.78, 5) is 26.3. The second-order valence-corrected chi connectivity index (χ2v) is 5.98. The number of rotatable bonds is 3. The molecule has 0 saturated carbocycles. The zero-order valence-electron chi connectivity index (χ0n) is 14.3. The molecule has 2 amide bonds. The molecule has 1 aliphatic rings. The van der Waals surface area contributed by atoms with Crippen LogP contribution in [0.5, 0.6) is 0 Å². The number of amides is 2. The molecule has 142 valence electrons. The molecule has 1 saturated heterocycles. The summed E-state index contributed by atoms with van der Waals surface area (Å²) in [5, 5.41) is 2.27. The van der Waals surface area contributed by atoms with Crippen LogP contribution < -0.4 is 5.32 Å². The molecule has 0 aliphatic carbocycles. The third-order valence-corrected chi connectivity index (χ3v) is 4.17. The third-order valence-electron chi connectivity index (χ3n) is 4.17. The Kier molecular flexibility index (Phi) is 5.46. The third kappa shape index (κ3) is 4.46. The lowest BCUT2D eigenvalue weighted by Gasteiger charge is -2.26. The Labute approximate surface area is 153 Å². The van der Waals surface area contributed by atoms with Crippen LogP contribution in [-0.4, -0.2) is 43.0 Å². The maximum atomic E-state index is 13.0. The molecule has 0 aromatic heterocycles. The number of anilines is 1. The molecule has 0 unspecified atom stereocenters. The molecule has 3 rings (SSSR count). The Hall–Kier alpha value is -2.87. The molecule has 2 aromatic rings. The van der Waals surface area contributed by atoms with E-state index >= 15 is 0 Å². The van der Waals surface area contributed by atoms with Crippen molar-refractivity contribution in [1.29, 1.82) is 0 Å². The van der Waals surface area contributed by atoms with Gasteiger partial charge in [0.05, 0.1) is 24.5 Å². The second kappa shape index (κ2) is 7.79. The molecule has 0 atom stereocenters. The summed E-state index contributed by atoms with van der Waals surface area (Å²) in [5.74, 6) is -0.857. The van der Waals surface area contributed by atoms with Gasteiger partial charge in [0.25, 0.3) is 11.8 Å². The lowest BCUT2D eigenvalue weighted by atomic mass is 10.1. The van der Waals surface area contributed by atoms with Gasteiger partial charge in [0.15, 0.2) is 0 Å². The van der Waals surface area contributed by atoms with Gasteiger partial charge in [0.2, 0.25) is 0 Å². The van der Waals surface area contributed by atoms with Crippen LogP contribution in [0.25, 0.3) is 0 Å². The number of nitrogens with one attached hydrogen (secondary N) is 1. The summed E-state index contributed by atoms with van der Waals surface area (Å²) in [5.41, 5.74) is -0.671. The Bertz CT molecular complexity index is 829. The van der Waals surface area contributed by atoms with Crippen molar-refractivity contribution >= 4 is 17.5 Å². The Morgan fingerprint density at radius 2 is 1.52 bits per heavy atom. The normalized spacial score (nSPS) is 14.7. The lowest BCUT2D eigenvalue weighted by Crippen LogP contribution is -2.40. The molecular formula is C19H17F3N2O3. The summed E-state index contributed by atoms with van der Waals surface area (Å²) in [6.07, 6.45) is -4.57. The van der Waals surface area contributed by atoms with E-state index in [-0.39, 0.29) is 17.2 Å². The zero-order chi connectivity index (χ0) is 19.4. The van der Waals surface area contributed by atoms with Gasteiger partial charge in [-0.05, 0) is 36.4 Å². The van der Waals surface area contributed by atoms with Gasteiger partial charge in [-0.1, -0.05) is 12.1 Å². The van der Waals surface area contributed by atoms with Gasteiger partial charge in [-0.25, -0.2) is 0 Å². The number of carbonyl (C=O) groups is 2. The van der Waals surface area contributed by atoms with E-state index in [1.807, 2.05) is 0 Å². The van der Waals surface area contributed by atoms with Gasteiger partial charge < -0.3 is 15.0 Å². The van der Waals surface area contributed by atoms with E-state index in [2.05, 4.69) is 5.32 Å². The van der Waals surface area contributed by atoms with Crippen molar-refractivity contribution in [3.63, 3.8) is 0 Å². The summed E-state index contributed by atoms with van der Waals surface area (Å²) in [6, 6.07) is 10.6. The number of hydrogen-bond donors (Lipinski definition) is 1. The van der Waals surface area contributed by atoms with Gasteiger partial charge in [-0.15, -0.1) is 0 Å². The molecule has 0 bridgehead atoms. The SMILES string of the molecule is O=C(Nc1ccccc1C(F)(F)F)c1ccc(C(=O)N2CCOCC2)cc1. The summed E-state index contributed by atoms with van der Waals surface area (Å²) in [7, 11) is 0. The van der Waals surface area contributed by atoms with Crippen molar-refractivity contribution < 1.29 is 27.5 Å². The quantitative estimate of drug-likeness (QED) is 0.890. The van der Waals surface area contributed by atoms with Crippen LogP contribution in [0.3, 0.4) is 0 Å². The lowest BCUT2D eigenvalue weighted by molar-refractivity contribution is -0.136. The van der Waals surface area contributed by atoms with E-state index < -0.39 is 17.6 Å². The van der Waals surface area contributed by atoms with Gasteiger partial charge in [0.1, 0.15) is 0 Å². The summed E-state index contributed by atoms with van der Waals surface area (Å²) >= 11 is 0. The molecular weight excluding hydrogens is 361 g/mol. The Balaban J connectivity index is 1.72. The first-order valence-electron chi connectivity index (χ1n) is 8.31. The molecule has 1 aliphatic heterocycles. The molecule has 2 aromatic carbocycles. The fourth-order valence-corrected chi connectivity index (χ4v) is 2.75. The van der Waals surface area contributed by atoms with E-state index in [0.29, 0.717) is 31.9 Å². The molecule has 1 fully saturated rings. The zero-order valence-corrected chi connectivity index (χ0v) is 14.3. The minimum atomic E-state index is -4.57. The Morgan fingerprint density at radius 3 is 2.15 bits per heavy atom. The highest BCUT2D eigenvalue weighted by Gasteiger charge is 2.33. The molecule has 8 heteroatoms. The summed E-state index contributed by atoms with van der Waals surface area (Å²) in [6.45, 7) is 1.94. The van der Waals surface area contributed by atoms with E-state index in [4.69, 9.17) is 4.74 Å². The molecule has 1 heterocycles. The predicted octanol–water partition coefficient (Wildman–Crippen LogP) is 3.43. The number of hydrogen-bond acceptors (Lipinski definition) is 3. The maximum absolute atomic E-state index is 13.0. The predicted molar refractivity (Wildman–Crippen MR) is 92.6 cm³/mol. The summed E-state index contributed by atoms with van der Waals surface area (Å²) < 4.78 is 44.3. The van der Waals surface area contributed by atoms with Crippen LogP contribution in [-0.2, 0) is 10.9 Å². The number of morpholine rings is 1. The number of carbonyl (C=O) groups excluding carboxylic acids is 2. The highest BCUT2D eigenvalue weighted by Crippen LogP contribution is 2.34. The fourth-order valence-electron chi connectivity index (χ4n) is 2.75. The topological polar surface area (TPSA) is 58.6 Å². The van der Waals surface area contributed by atoms with Crippen molar-refractivity contribution in [3.05, 3.63) is 65.2 Å². The van der Waals surface area contributed by atoms with Crippen LogP contribution in [0.2, 0.25) is 0 Å². The van der Waals surface area contributed by atoms with Crippen LogP contribution in [0.4, 0.5) is 18.9 Å². The van der Waals surface area contributed by atoms with Crippen molar-refractivity contribution in [1.82, 2.24) is 4.90 Å². The highest BCUT2D eigenvalue weighted by atomic mass is 19.4. The molecule has 27 heavy (non-hydrogen) atoms. The minimum Gasteiger partial charge on any atom is -0.378 e. The van der Waals surface area contributed by atoms with Crippen LogP contribution in [0.1, 0.15) is 26.3 Å². The maximum Gasteiger partial charge on any atom is 0.418 e. The molecule has 0 radical (unpaired) electrons. The standard InChI is InChI=1S/C19H17F3N2O3/c20-19(21,22)15-3-1-2-4-16(15)23-17(25)13-5-7-14(8-6-13)18(26)24-9-11-27-12-10-24/h1-8H,9-12H2,(H,23,25). The number of ether oxygens (including phenoxy) is 1. The van der Waals surface area contributed by atoms with Crippen molar-refractivity contribution in [2.45, 2.75) is 6.18 Å². The molecule has 5 nitrogen and oxygen atoms in total. The average Bonchev–Trinajstić information content (AvgIpc) is 2.68. The van der Waals surface area contributed by atoms with Gasteiger partial charge in [-0.2, -0.15) is 13.2 Å². The minimum absolute atomic E-state index is 0.158. The van der Waals surface area contributed by atoms with Crippen LogP contribution >= 0.6 is 0 Å². The van der Waals surface area contributed by atoms with Crippen LogP contribution in [0, 0.1) is 0 Å². The fraction of sp³-hybridized carbons (Fsp3) is 0.263. The first-order chi connectivity index (χ1) is 12.9.